The van der Waals surface area contributed by atoms with Crippen LogP contribution in [-0.4, -0.2) is 24.7 Å². The summed E-state index contributed by atoms with van der Waals surface area (Å²) in [6.07, 6.45) is -4.71. The molecule has 0 aliphatic carbocycles. The van der Waals surface area contributed by atoms with Gasteiger partial charge in [0.1, 0.15) is 11.9 Å². The lowest BCUT2D eigenvalue weighted by Crippen LogP contribution is -2.30. The molecule has 0 bridgehead atoms. The van der Waals surface area contributed by atoms with Crippen LogP contribution in [0.3, 0.4) is 0 Å². The third kappa shape index (κ3) is 3.70. The van der Waals surface area contributed by atoms with Gasteiger partial charge in [0, 0.05) is 6.54 Å². The van der Waals surface area contributed by atoms with E-state index in [2.05, 4.69) is 5.32 Å². The molecule has 1 heterocycles. The van der Waals surface area contributed by atoms with Gasteiger partial charge >= 0.3 is 6.18 Å². The minimum absolute atomic E-state index is 0.252. The van der Waals surface area contributed by atoms with Gasteiger partial charge in [0.15, 0.2) is 0 Å². The van der Waals surface area contributed by atoms with Crippen LogP contribution < -0.4 is 11.1 Å². The van der Waals surface area contributed by atoms with Gasteiger partial charge in [-0.3, -0.25) is 4.79 Å². The van der Waals surface area contributed by atoms with E-state index in [9.17, 15) is 22.4 Å². The zero-order chi connectivity index (χ0) is 15.6. The Hall–Kier alpha value is -1.67. The molecular formula is C13H14F4N2O2. The van der Waals surface area contributed by atoms with Crippen LogP contribution in [0.2, 0.25) is 0 Å². The number of carbonyl (C=O) groups excluding carboxylic acids is 1. The van der Waals surface area contributed by atoms with Gasteiger partial charge in [-0.05, 0) is 31.0 Å². The molecule has 8 heteroatoms. The Labute approximate surface area is 118 Å². The predicted octanol–water partition coefficient (Wildman–Crippen LogP) is 2.29. The van der Waals surface area contributed by atoms with Gasteiger partial charge in [-0.15, -0.1) is 0 Å². The van der Waals surface area contributed by atoms with E-state index in [0.717, 1.165) is 0 Å². The third-order valence-electron chi connectivity index (χ3n) is 3.21. The first-order valence-corrected chi connectivity index (χ1v) is 6.34. The molecule has 0 aromatic heterocycles. The molecule has 0 radical (unpaired) electrons. The van der Waals surface area contributed by atoms with E-state index in [4.69, 9.17) is 10.5 Å². The van der Waals surface area contributed by atoms with Crippen molar-refractivity contribution in [2.24, 2.45) is 5.73 Å². The maximum atomic E-state index is 13.5. The summed E-state index contributed by atoms with van der Waals surface area (Å²) in [5.41, 5.74) is 3.84. The number of alkyl halides is 3. The Bertz CT molecular complexity index is 533. The van der Waals surface area contributed by atoms with Crippen molar-refractivity contribution in [1.29, 1.82) is 0 Å². The molecule has 0 spiro atoms. The van der Waals surface area contributed by atoms with Crippen LogP contribution in [0.4, 0.5) is 23.2 Å². The Kier molecular flexibility index (Phi) is 4.48. The molecule has 1 aliphatic heterocycles. The molecule has 4 nitrogen and oxygen atoms in total. The average molecular weight is 306 g/mol. The largest absolute Gasteiger partial charge is 0.416 e. The molecule has 1 saturated heterocycles. The molecule has 0 saturated carbocycles. The first-order valence-electron chi connectivity index (χ1n) is 6.34. The Balaban J connectivity index is 2.10. The highest BCUT2D eigenvalue weighted by atomic mass is 19.4. The number of hydrogen-bond donors (Lipinski definition) is 2. The van der Waals surface area contributed by atoms with Crippen LogP contribution in [0.1, 0.15) is 18.4 Å². The van der Waals surface area contributed by atoms with Crippen LogP contribution in [0.15, 0.2) is 18.2 Å². The van der Waals surface area contributed by atoms with Crippen LogP contribution in [-0.2, 0) is 15.7 Å². The van der Waals surface area contributed by atoms with Gasteiger partial charge in [-0.25, -0.2) is 4.39 Å². The molecular weight excluding hydrogens is 292 g/mol. The molecule has 1 fully saturated rings. The molecule has 1 aromatic rings. The molecule has 2 rings (SSSR count). The molecule has 1 aliphatic rings. The quantitative estimate of drug-likeness (QED) is 0.842. The van der Waals surface area contributed by atoms with E-state index in [1.54, 1.807) is 0 Å². The van der Waals surface area contributed by atoms with Crippen LogP contribution in [0, 0.1) is 5.82 Å². The number of amides is 1. The molecule has 21 heavy (non-hydrogen) atoms. The summed E-state index contributed by atoms with van der Waals surface area (Å²) in [6.45, 7) is 0.252. The smallest absolute Gasteiger partial charge is 0.364 e. The molecule has 0 unspecified atom stereocenters. The second kappa shape index (κ2) is 5.98. The molecule has 116 valence electrons. The standard InChI is InChI=1S/C13H14F4N2O2/c14-9-3-1-7(13(15,16)17)5-10(9)19-12(20)11-4-2-8(6-18)21-11/h1,3,5,8,11H,2,4,6,18H2,(H,19,20)/t8-,11+/m1/s1. The predicted molar refractivity (Wildman–Crippen MR) is 67.0 cm³/mol. The normalized spacial score (nSPS) is 22.3. The third-order valence-corrected chi connectivity index (χ3v) is 3.21. The molecule has 1 aromatic carbocycles. The highest BCUT2D eigenvalue weighted by Crippen LogP contribution is 2.32. The molecule has 2 atom stereocenters. The molecule has 3 N–H and O–H groups in total. The topological polar surface area (TPSA) is 64.4 Å². The van der Waals surface area contributed by atoms with Crippen molar-refractivity contribution in [2.75, 3.05) is 11.9 Å². The van der Waals surface area contributed by atoms with Gasteiger partial charge in [-0.2, -0.15) is 13.2 Å². The van der Waals surface area contributed by atoms with Crippen molar-refractivity contribution in [2.45, 2.75) is 31.2 Å². The van der Waals surface area contributed by atoms with Crippen molar-refractivity contribution in [3.05, 3.63) is 29.6 Å². The number of ether oxygens (including phenoxy) is 1. The monoisotopic (exact) mass is 306 g/mol. The van der Waals surface area contributed by atoms with Gasteiger partial charge in [0.05, 0.1) is 17.4 Å². The zero-order valence-electron chi connectivity index (χ0n) is 10.9. The Morgan fingerprint density at radius 3 is 2.67 bits per heavy atom. The van der Waals surface area contributed by atoms with E-state index in [-0.39, 0.29) is 12.6 Å². The number of benzene rings is 1. The van der Waals surface area contributed by atoms with Gasteiger partial charge in [0.2, 0.25) is 0 Å². The first-order chi connectivity index (χ1) is 9.81. The SMILES string of the molecule is NC[C@H]1CC[C@@H](C(=O)Nc2cc(C(F)(F)F)ccc2F)O1. The minimum atomic E-state index is -4.61. The maximum absolute atomic E-state index is 13.5. The lowest BCUT2D eigenvalue weighted by Gasteiger charge is -2.14. The first kappa shape index (κ1) is 15.7. The highest BCUT2D eigenvalue weighted by molar-refractivity contribution is 5.94. The number of nitrogens with two attached hydrogens (primary N) is 1. The van der Waals surface area contributed by atoms with E-state index in [1.165, 1.54) is 0 Å². The number of nitrogens with one attached hydrogen (secondary N) is 1. The highest BCUT2D eigenvalue weighted by Gasteiger charge is 2.33. The second-order valence-electron chi connectivity index (χ2n) is 4.74. The summed E-state index contributed by atoms with van der Waals surface area (Å²) in [6, 6.07) is 1.83. The number of anilines is 1. The van der Waals surface area contributed by atoms with E-state index in [1.807, 2.05) is 0 Å². The van der Waals surface area contributed by atoms with Gasteiger partial charge in [0.25, 0.3) is 5.91 Å². The summed E-state index contributed by atoms with van der Waals surface area (Å²) in [5, 5.41) is 2.13. The van der Waals surface area contributed by atoms with Crippen LogP contribution in [0.25, 0.3) is 0 Å². The number of halogens is 4. The van der Waals surface area contributed by atoms with Crippen molar-refractivity contribution in [1.82, 2.24) is 0 Å². The number of carbonyl (C=O) groups is 1. The van der Waals surface area contributed by atoms with Crippen LogP contribution >= 0.6 is 0 Å². The fourth-order valence-electron chi connectivity index (χ4n) is 2.08. The maximum Gasteiger partial charge on any atom is 0.416 e. The summed E-state index contributed by atoms with van der Waals surface area (Å²) in [7, 11) is 0. The fraction of sp³-hybridized carbons (Fsp3) is 0.462. The number of rotatable bonds is 3. The number of hydrogen-bond acceptors (Lipinski definition) is 3. The summed E-state index contributed by atoms with van der Waals surface area (Å²) in [4.78, 5) is 11.9. The van der Waals surface area contributed by atoms with Crippen LogP contribution in [0.5, 0.6) is 0 Å². The van der Waals surface area contributed by atoms with Gasteiger partial charge in [-0.1, -0.05) is 0 Å². The minimum Gasteiger partial charge on any atom is -0.364 e. The Morgan fingerprint density at radius 1 is 1.38 bits per heavy atom. The lowest BCUT2D eigenvalue weighted by atomic mass is 10.1. The lowest BCUT2D eigenvalue weighted by molar-refractivity contribution is -0.137. The summed E-state index contributed by atoms with van der Waals surface area (Å²) in [5.74, 6) is -1.62. The van der Waals surface area contributed by atoms with Crippen molar-refractivity contribution < 1.29 is 27.1 Å². The van der Waals surface area contributed by atoms with E-state index >= 15 is 0 Å². The van der Waals surface area contributed by atoms with Crippen molar-refractivity contribution in [3.8, 4) is 0 Å². The van der Waals surface area contributed by atoms with Crippen molar-refractivity contribution in [3.63, 3.8) is 0 Å². The van der Waals surface area contributed by atoms with E-state index < -0.39 is 35.3 Å². The summed E-state index contributed by atoms with van der Waals surface area (Å²) >= 11 is 0. The van der Waals surface area contributed by atoms with E-state index in [0.29, 0.717) is 31.0 Å². The second-order valence-corrected chi connectivity index (χ2v) is 4.74. The average Bonchev–Trinajstić information content (AvgIpc) is 2.88. The van der Waals surface area contributed by atoms with Gasteiger partial charge < -0.3 is 15.8 Å². The van der Waals surface area contributed by atoms with Crippen molar-refractivity contribution >= 4 is 11.6 Å². The fourth-order valence-corrected chi connectivity index (χ4v) is 2.08. The molecule has 1 amide bonds. The zero-order valence-corrected chi connectivity index (χ0v) is 10.9. The summed E-state index contributed by atoms with van der Waals surface area (Å²) < 4.78 is 56.5. The Morgan fingerprint density at radius 2 is 2.10 bits per heavy atom.